The third-order valence-corrected chi connectivity index (χ3v) is 8.42. The third-order valence-electron chi connectivity index (χ3n) is 5.68. The standard InChI is InChI=1S/C21H25ClFN7O4S2/c22-12-9-11(5-6-13(12)23)25-19(28-33)18-20(30-34-29-18)35-8-7-24-16(31)4-2-1-3-15-17-14(10-36-15)26-21(32)27-17/h5-6,9,14-15,17,33H,1-4,7-8,10H2,(H,24,31)(H,25,28)(H2,26,27,32)/t14-,15-,17-/m0/s1. The molecule has 2 aliphatic rings. The van der Waals surface area contributed by atoms with Crippen LogP contribution in [0.2, 0.25) is 5.02 Å². The van der Waals surface area contributed by atoms with Crippen LogP contribution in [0.15, 0.2) is 32.8 Å². The molecule has 3 amide bonds. The average molecular weight is 558 g/mol. The van der Waals surface area contributed by atoms with E-state index in [-0.39, 0.29) is 40.6 Å². The number of nitrogens with one attached hydrogen (secondary N) is 4. The van der Waals surface area contributed by atoms with Crippen LogP contribution >= 0.6 is 35.1 Å². The van der Waals surface area contributed by atoms with Gasteiger partial charge >= 0.3 is 6.03 Å². The van der Waals surface area contributed by atoms with E-state index < -0.39 is 5.82 Å². The number of benzene rings is 1. The zero-order valence-electron chi connectivity index (χ0n) is 19.0. The van der Waals surface area contributed by atoms with Crippen molar-refractivity contribution in [2.75, 3.05) is 18.1 Å². The highest BCUT2D eigenvalue weighted by Crippen LogP contribution is 2.33. The summed E-state index contributed by atoms with van der Waals surface area (Å²) in [5.41, 5.74) is 2.40. The highest BCUT2D eigenvalue weighted by atomic mass is 35.5. The highest BCUT2D eigenvalue weighted by molar-refractivity contribution is 8.00. The normalized spacial score (nSPS) is 21.1. The van der Waals surface area contributed by atoms with Crippen molar-refractivity contribution in [1.82, 2.24) is 31.7 Å². The zero-order valence-corrected chi connectivity index (χ0v) is 21.4. The van der Waals surface area contributed by atoms with Crippen molar-refractivity contribution in [3.8, 4) is 0 Å². The van der Waals surface area contributed by atoms with Gasteiger partial charge in [0.05, 0.1) is 22.8 Å². The van der Waals surface area contributed by atoms with Gasteiger partial charge in [-0.15, -0.1) is 0 Å². The molecule has 194 valence electrons. The van der Waals surface area contributed by atoms with Crippen molar-refractivity contribution in [2.45, 2.75) is 48.0 Å². The van der Waals surface area contributed by atoms with Gasteiger partial charge in [-0.25, -0.2) is 18.8 Å². The molecular weight excluding hydrogens is 533 g/mol. The first-order valence-electron chi connectivity index (χ1n) is 11.3. The van der Waals surface area contributed by atoms with Gasteiger partial charge in [0.25, 0.3) is 0 Å². The van der Waals surface area contributed by atoms with Crippen LogP contribution in [0.3, 0.4) is 0 Å². The second-order valence-electron chi connectivity index (χ2n) is 8.15. The van der Waals surface area contributed by atoms with Crippen molar-refractivity contribution in [1.29, 1.82) is 0 Å². The first kappa shape index (κ1) is 26.5. The molecule has 0 saturated carbocycles. The number of nitrogens with zero attached hydrogens (tertiary/aromatic N) is 3. The fourth-order valence-electron chi connectivity index (χ4n) is 3.94. The van der Waals surface area contributed by atoms with E-state index in [1.165, 1.54) is 23.9 Å². The number of aliphatic imine (C=N–C) groups is 1. The summed E-state index contributed by atoms with van der Waals surface area (Å²) >= 11 is 8.91. The number of urea groups is 1. The molecule has 3 heterocycles. The molecule has 0 radical (unpaired) electrons. The molecule has 11 nitrogen and oxygen atoms in total. The number of hydrogen-bond donors (Lipinski definition) is 5. The second kappa shape index (κ2) is 12.6. The summed E-state index contributed by atoms with van der Waals surface area (Å²) in [7, 11) is 0. The average Bonchev–Trinajstić information content (AvgIpc) is 3.57. The van der Waals surface area contributed by atoms with Crippen molar-refractivity contribution in [2.24, 2.45) is 4.99 Å². The van der Waals surface area contributed by atoms with E-state index in [9.17, 15) is 19.2 Å². The van der Waals surface area contributed by atoms with E-state index in [1.54, 1.807) is 0 Å². The number of rotatable bonds is 11. The highest BCUT2D eigenvalue weighted by Gasteiger charge is 2.42. The number of amidine groups is 1. The minimum atomic E-state index is -0.585. The van der Waals surface area contributed by atoms with Crippen molar-refractivity contribution in [3.63, 3.8) is 0 Å². The molecular formula is C21H25ClFN7O4S2. The van der Waals surface area contributed by atoms with E-state index in [2.05, 4.69) is 31.3 Å². The van der Waals surface area contributed by atoms with Crippen molar-refractivity contribution >= 4 is 58.6 Å². The summed E-state index contributed by atoms with van der Waals surface area (Å²) < 4.78 is 18.1. The maximum Gasteiger partial charge on any atom is 0.315 e. The van der Waals surface area contributed by atoms with E-state index in [4.69, 9.17) is 16.2 Å². The van der Waals surface area contributed by atoms with E-state index in [1.807, 2.05) is 17.2 Å². The fraction of sp³-hybridized carbons (Fsp3) is 0.476. The van der Waals surface area contributed by atoms with Crippen molar-refractivity contribution in [3.05, 3.63) is 34.7 Å². The number of halogens is 2. The molecule has 5 N–H and O–H groups in total. The summed E-state index contributed by atoms with van der Waals surface area (Å²) in [6.07, 6.45) is 3.10. The first-order valence-corrected chi connectivity index (χ1v) is 13.7. The molecule has 0 aliphatic carbocycles. The Morgan fingerprint density at radius 2 is 2.22 bits per heavy atom. The maximum atomic E-state index is 13.4. The lowest BCUT2D eigenvalue weighted by Gasteiger charge is -2.16. The lowest BCUT2D eigenvalue weighted by molar-refractivity contribution is -0.121. The predicted molar refractivity (Wildman–Crippen MR) is 135 cm³/mol. The summed E-state index contributed by atoms with van der Waals surface area (Å²) in [5.74, 6) is 0.748. The Labute approximate surface area is 219 Å². The Balaban J connectivity index is 1.16. The molecule has 15 heteroatoms. The smallest absolute Gasteiger partial charge is 0.315 e. The van der Waals surface area contributed by atoms with Gasteiger partial charge in [-0.2, -0.15) is 11.8 Å². The molecule has 0 bridgehead atoms. The SMILES string of the molecule is O=C(CCCC[C@@H]1SC[C@@H]2NC(=O)N[C@@H]21)NCCSc1nonc1C(=Nc1ccc(F)c(Cl)c1)NO. The Hall–Kier alpha value is -2.55. The van der Waals surface area contributed by atoms with Gasteiger partial charge in [0, 0.05) is 29.7 Å². The van der Waals surface area contributed by atoms with Gasteiger partial charge in [0.1, 0.15) is 5.82 Å². The lowest BCUT2D eigenvalue weighted by atomic mass is 10.0. The Kier molecular flexibility index (Phi) is 9.29. The van der Waals surface area contributed by atoms with Crippen LogP contribution in [0, 0.1) is 5.82 Å². The molecule has 2 aliphatic heterocycles. The molecule has 2 fully saturated rings. The maximum absolute atomic E-state index is 13.4. The van der Waals surface area contributed by atoms with Crippen molar-refractivity contribution < 1.29 is 23.8 Å². The van der Waals surface area contributed by atoms with E-state index >= 15 is 0 Å². The molecule has 0 spiro atoms. The zero-order chi connectivity index (χ0) is 25.5. The molecule has 2 aromatic rings. The lowest BCUT2D eigenvalue weighted by Crippen LogP contribution is -2.36. The van der Waals surface area contributed by atoms with Gasteiger partial charge < -0.3 is 16.0 Å². The Morgan fingerprint density at radius 1 is 1.36 bits per heavy atom. The predicted octanol–water partition coefficient (Wildman–Crippen LogP) is 2.85. The third kappa shape index (κ3) is 6.81. The summed E-state index contributed by atoms with van der Waals surface area (Å²) in [6, 6.07) is 4.16. The van der Waals surface area contributed by atoms with Gasteiger partial charge in [0.15, 0.2) is 16.6 Å². The van der Waals surface area contributed by atoms with Crippen LogP contribution in [0.1, 0.15) is 31.4 Å². The van der Waals surface area contributed by atoms with E-state index in [0.717, 1.165) is 31.1 Å². The fourth-order valence-corrected chi connectivity index (χ4v) is 6.41. The summed E-state index contributed by atoms with van der Waals surface area (Å²) in [4.78, 5) is 27.8. The monoisotopic (exact) mass is 557 g/mol. The van der Waals surface area contributed by atoms with Gasteiger partial charge in [-0.3, -0.25) is 15.5 Å². The molecule has 1 aromatic carbocycles. The summed E-state index contributed by atoms with van der Waals surface area (Å²) in [5, 5.41) is 26.5. The van der Waals surface area contributed by atoms with Crippen LogP contribution in [-0.4, -0.2) is 68.7 Å². The molecule has 36 heavy (non-hydrogen) atoms. The van der Waals surface area contributed by atoms with Gasteiger partial charge in [-0.1, -0.05) is 29.8 Å². The number of fused-ring (bicyclic) bond motifs is 1. The topological polar surface area (TPSA) is 154 Å². The number of amides is 3. The first-order chi connectivity index (χ1) is 17.4. The quantitative estimate of drug-likeness (QED) is 0.0700. The van der Waals surface area contributed by atoms with Gasteiger partial charge in [-0.05, 0) is 41.4 Å². The number of hydroxylamine groups is 1. The van der Waals surface area contributed by atoms with E-state index in [0.29, 0.717) is 34.7 Å². The molecule has 2 saturated heterocycles. The van der Waals surface area contributed by atoms with Crippen LogP contribution < -0.4 is 21.4 Å². The Bertz CT molecular complexity index is 1120. The Morgan fingerprint density at radius 3 is 3.03 bits per heavy atom. The summed E-state index contributed by atoms with van der Waals surface area (Å²) in [6.45, 7) is 0.405. The number of hydrogen-bond acceptors (Lipinski definition) is 9. The molecule has 3 atom stereocenters. The number of carbonyl (C=O) groups excluding carboxylic acids is 2. The largest absolute Gasteiger partial charge is 0.355 e. The molecule has 1 aromatic heterocycles. The molecule has 4 rings (SSSR count). The minimum Gasteiger partial charge on any atom is -0.355 e. The van der Waals surface area contributed by atoms with Crippen LogP contribution in [-0.2, 0) is 4.79 Å². The van der Waals surface area contributed by atoms with Crippen LogP contribution in [0.4, 0.5) is 14.9 Å². The number of carbonyl (C=O) groups is 2. The molecule has 0 unspecified atom stereocenters. The number of thioether (sulfide) groups is 2. The number of aromatic nitrogens is 2. The van der Waals surface area contributed by atoms with Crippen LogP contribution in [0.25, 0.3) is 0 Å². The van der Waals surface area contributed by atoms with Gasteiger partial charge in [0.2, 0.25) is 5.91 Å². The van der Waals surface area contributed by atoms with Crippen LogP contribution in [0.5, 0.6) is 0 Å². The second-order valence-corrected chi connectivity index (χ2v) is 10.9. The minimum absolute atomic E-state index is 0.0330. The number of unbranched alkanes of at least 4 members (excludes halogenated alkanes) is 1.